The second-order valence-corrected chi connectivity index (χ2v) is 6.16. The molecule has 2 N–H and O–H groups in total. The van der Waals surface area contributed by atoms with Crippen LogP contribution in [-0.4, -0.2) is 17.6 Å². The molecule has 0 aliphatic carbocycles. The van der Waals surface area contributed by atoms with E-state index in [1.165, 1.54) is 0 Å². The number of rotatable bonds is 3. The first kappa shape index (κ1) is 14.7. The Morgan fingerprint density at radius 3 is 2.82 bits per heavy atom. The molecule has 5 heteroatoms. The van der Waals surface area contributed by atoms with E-state index < -0.39 is 0 Å². The molecule has 112 valence electrons. The van der Waals surface area contributed by atoms with Crippen LogP contribution in [0.2, 0.25) is 0 Å². The van der Waals surface area contributed by atoms with Crippen LogP contribution >= 0.6 is 11.8 Å². The monoisotopic (exact) mass is 312 g/mol. The molecule has 2 amide bonds. The molecular formula is C17H16N2O2S. The van der Waals surface area contributed by atoms with E-state index in [0.29, 0.717) is 18.5 Å². The van der Waals surface area contributed by atoms with Crippen molar-refractivity contribution in [2.45, 2.75) is 17.9 Å². The Balaban J connectivity index is 1.72. The van der Waals surface area contributed by atoms with Gasteiger partial charge in [0.05, 0.1) is 5.69 Å². The van der Waals surface area contributed by atoms with Gasteiger partial charge in [-0.15, -0.1) is 11.8 Å². The summed E-state index contributed by atoms with van der Waals surface area (Å²) >= 11 is 1.63. The van der Waals surface area contributed by atoms with E-state index in [1.54, 1.807) is 23.9 Å². The predicted molar refractivity (Wildman–Crippen MR) is 88.0 cm³/mol. The average molecular weight is 312 g/mol. The molecule has 0 radical (unpaired) electrons. The molecule has 2 aromatic carbocycles. The van der Waals surface area contributed by atoms with Gasteiger partial charge < -0.3 is 10.6 Å². The Hall–Kier alpha value is -2.27. The smallest absolute Gasteiger partial charge is 0.251 e. The van der Waals surface area contributed by atoms with Crippen molar-refractivity contribution in [3.05, 3.63) is 59.7 Å². The van der Waals surface area contributed by atoms with Gasteiger partial charge in [-0.1, -0.05) is 30.3 Å². The van der Waals surface area contributed by atoms with Crippen molar-refractivity contribution in [1.82, 2.24) is 5.32 Å². The third-order valence-electron chi connectivity index (χ3n) is 3.40. The second-order valence-electron chi connectivity index (χ2n) is 5.03. The Morgan fingerprint density at radius 1 is 1.18 bits per heavy atom. The molecule has 0 saturated heterocycles. The third kappa shape index (κ3) is 3.49. The molecule has 1 aliphatic rings. The summed E-state index contributed by atoms with van der Waals surface area (Å²) in [5.74, 6) is 0.613. The molecule has 0 saturated carbocycles. The van der Waals surface area contributed by atoms with E-state index in [4.69, 9.17) is 0 Å². The molecule has 0 aromatic heterocycles. The Bertz CT molecular complexity index is 701. The molecule has 4 nitrogen and oxygen atoms in total. The average Bonchev–Trinajstić information content (AvgIpc) is 2.73. The van der Waals surface area contributed by atoms with Crippen LogP contribution < -0.4 is 10.6 Å². The molecule has 0 fully saturated rings. The molecular weight excluding hydrogens is 296 g/mol. The fourth-order valence-electron chi connectivity index (χ4n) is 2.24. The molecule has 0 spiro atoms. The number of hydrogen-bond donors (Lipinski definition) is 2. The zero-order valence-corrected chi connectivity index (χ0v) is 12.8. The Labute approximate surface area is 133 Å². The van der Waals surface area contributed by atoms with Gasteiger partial charge in [0.25, 0.3) is 5.91 Å². The molecule has 2 aromatic rings. The van der Waals surface area contributed by atoms with Crippen LogP contribution in [0.1, 0.15) is 22.3 Å². The maximum atomic E-state index is 12.2. The molecule has 1 aliphatic heterocycles. The maximum absolute atomic E-state index is 12.2. The Morgan fingerprint density at radius 2 is 2.00 bits per heavy atom. The van der Waals surface area contributed by atoms with Crippen molar-refractivity contribution < 1.29 is 9.59 Å². The summed E-state index contributed by atoms with van der Waals surface area (Å²) in [6.07, 6.45) is 0.495. The van der Waals surface area contributed by atoms with Crippen molar-refractivity contribution in [1.29, 1.82) is 0 Å². The number of anilines is 1. The quantitative estimate of drug-likeness (QED) is 0.916. The van der Waals surface area contributed by atoms with Gasteiger partial charge >= 0.3 is 0 Å². The van der Waals surface area contributed by atoms with Gasteiger partial charge in [-0.25, -0.2) is 0 Å². The van der Waals surface area contributed by atoms with E-state index in [9.17, 15) is 9.59 Å². The summed E-state index contributed by atoms with van der Waals surface area (Å²) in [5.41, 5.74) is 2.33. The van der Waals surface area contributed by atoms with Gasteiger partial charge in [0.15, 0.2) is 0 Å². The van der Waals surface area contributed by atoms with E-state index in [-0.39, 0.29) is 11.8 Å². The van der Waals surface area contributed by atoms with E-state index >= 15 is 0 Å². The molecule has 3 rings (SSSR count). The maximum Gasteiger partial charge on any atom is 0.251 e. The van der Waals surface area contributed by atoms with Crippen LogP contribution in [0.3, 0.4) is 0 Å². The zero-order valence-electron chi connectivity index (χ0n) is 12.0. The second kappa shape index (κ2) is 6.66. The topological polar surface area (TPSA) is 58.2 Å². The van der Waals surface area contributed by atoms with Gasteiger partial charge in [0.1, 0.15) is 0 Å². The lowest BCUT2D eigenvalue weighted by Crippen LogP contribution is -2.23. The molecule has 0 atom stereocenters. The summed E-state index contributed by atoms with van der Waals surface area (Å²) in [5, 5.41) is 5.74. The van der Waals surface area contributed by atoms with Gasteiger partial charge in [-0.05, 0) is 23.8 Å². The standard InChI is InChI=1S/C17H16N2O2S/c20-16-8-9-22-15-7-6-13(10-14(15)19-16)17(21)18-11-12-4-2-1-3-5-12/h1-7,10H,8-9,11H2,(H,18,21)(H,19,20). The van der Waals surface area contributed by atoms with E-state index in [2.05, 4.69) is 10.6 Å². The minimum absolute atomic E-state index is 0.00639. The highest BCUT2D eigenvalue weighted by Crippen LogP contribution is 2.31. The summed E-state index contributed by atoms with van der Waals surface area (Å²) < 4.78 is 0. The van der Waals surface area contributed by atoms with Crippen LogP contribution in [0.4, 0.5) is 5.69 Å². The van der Waals surface area contributed by atoms with E-state index in [1.807, 2.05) is 36.4 Å². The number of carbonyl (C=O) groups is 2. The SMILES string of the molecule is O=C1CCSc2ccc(C(=O)NCc3ccccc3)cc2N1. The fourth-order valence-corrected chi connectivity index (χ4v) is 3.18. The van der Waals surface area contributed by atoms with Crippen molar-refractivity contribution in [2.24, 2.45) is 0 Å². The number of amides is 2. The lowest BCUT2D eigenvalue weighted by molar-refractivity contribution is -0.115. The number of thioether (sulfide) groups is 1. The van der Waals surface area contributed by atoms with Crippen molar-refractivity contribution in [3.8, 4) is 0 Å². The number of nitrogens with one attached hydrogen (secondary N) is 2. The van der Waals surface area contributed by atoms with Gasteiger partial charge in [-0.3, -0.25) is 9.59 Å². The van der Waals surface area contributed by atoms with Crippen molar-refractivity contribution >= 4 is 29.3 Å². The van der Waals surface area contributed by atoms with Gasteiger partial charge in [-0.2, -0.15) is 0 Å². The molecule has 22 heavy (non-hydrogen) atoms. The Kier molecular flexibility index (Phi) is 4.44. The first-order valence-electron chi connectivity index (χ1n) is 7.11. The first-order valence-corrected chi connectivity index (χ1v) is 8.10. The fraction of sp³-hybridized carbons (Fsp3) is 0.176. The van der Waals surface area contributed by atoms with Gasteiger partial charge in [0, 0.05) is 29.2 Å². The molecule has 0 bridgehead atoms. The van der Waals surface area contributed by atoms with Crippen LogP contribution in [0.25, 0.3) is 0 Å². The third-order valence-corrected chi connectivity index (χ3v) is 4.47. The summed E-state index contributed by atoms with van der Waals surface area (Å²) in [4.78, 5) is 24.9. The van der Waals surface area contributed by atoms with Crippen LogP contribution in [0.15, 0.2) is 53.4 Å². The number of benzene rings is 2. The van der Waals surface area contributed by atoms with E-state index in [0.717, 1.165) is 21.9 Å². The highest BCUT2D eigenvalue weighted by Gasteiger charge is 2.15. The van der Waals surface area contributed by atoms with Crippen LogP contribution in [0.5, 0.6) is 0 Å². The largest absolute Gasteiger partial charge is 0.348 e. The molecule has 0 unspecified atom stereocenters. The zero-order chi connectivity index (χ0) is 15.4. The number of carbonyl (C=O) groups excluding carboxylic acids is 2. The number of fused-ring (bicyclic) bond motifs is 1. The molecule has 1 heterocycles. The van der Waals surface area contributed by atoms with Gasteiger partial charge in [0.2, 0.25) is 5.91 Å². The minimum Gasteiger partial charge on any atom is -0.348 e. The van der Waals surface area contributed by atoms with Crippen LogP contribution in [-0.2, 0) is 11.3 Å². The highest BCUT2D eigenvalue weighted by atomic mass is 32.2. The minimum atomic E-state index is -0.143. The lowest BCUT2D eigenvalue weighted by atomic mass is 10.1. The normalized spacial score (nSPS) is 13.7. The summed E-state index contributed by atoms with van der Waals surface area (Å²) in [6.45, 7) is 0.484. The first-order chi connectivity index (χ1) is 10.7. The highest BCUT2D eigenvalue weighted by molar-refractivity contribution is 7.99. The lowest BCUT2D eigenvalue weighted by Gasteiger charge is -2.09. The summed E-state index contributed by atoms with van der Waals surface area (Å²) in [6, 6.07) is 15.2. The van der Waals surface area contributed by atoms with Crippen molar-refractivity contribution in [2.75, 3.05) is 11.1 Å². The summed E-state index contributed by atoms with van der Waals surface area (Å²) in [7, 11) is 0. The number of hydrogen-bond acceptors (Lipinski definition) is 3. The van der Waals surface area contributed by atoms with Crippen molar-refractivity contribution in [3.63, 3.8) is 0 Å². The van der Waals surface area contributed by atoms with Crippen LogP contribution in [0, 0.1) is 0 Å². The predicted octanol–water partition coefficient (Wildman–Crippen LogP) is 3.05.